The van der Waals surface area contributed by atoms with Gasteiger partial charge in [-0.15, -0.1) is 5.10 Å². The SMILES string of the molecule is COc1n[nH]c2ncc(N3CC[C@@H](N(C)C(=O)Nc4cc(C(F)(F)F)cn(C)c4=O)[C@@H](C)C3)cc12. The Morgan fingerprint density at radius 3 is 2.74 bits per heavy atom. The number of nitrogens with zero attached hydrogens (tertiary/aromatic N) is 5. The number of pyridine rings is 2. The van der Waals surface area contributed by atoms with Gasteiger partial charge in [-0.1, -0.05) is 6.92 Å². The van der Waals surface area contributed by atoms with Crippen LogP contribution in [0.2, 0.25) is 0 Å². The molecule has 0 bridgehead atoms. The maximum atomic E-state index is 13.1. The molecular formula is C22H26F3N7O3. The van der Waals surface area contributed by atoms with E-state index in [0.717, 1.165) is 15.6 Å². The van der Waals surface area contributed by atoms with Crippen LogP contribution in [-0.2, 0) is 13.2 Å². The maximum Gasteiger partial charge on any atom is 0.417 e. The topological polar surface area (TPSA) is 108 Å². The number of aromatic nitrogens is 4. The smallest absolute Gasteiger partial charge is 0.417 e. The highest BCUT2D eigenvalue weighted by molar-refractivity contribution is 5.89. The van der Waals surface area contributed by atoms with E-state index in [1.165, 1.54) is 19.1 Å². The third-order valence-corrected chi connectivity index (χ3v) is 6.36. The molecule has 13 heteroatoms. The van der Waals surface area contributed by atoms with E-state index in [1.807, 2.05) is 13.0 Å². The molecule has 4 heterocycles. The predicted octanol–water partition coefficient (Wildman–Crippen LogP) is 3.06. The number of ether oxygens (including phenoxy) is 1. The summed E-state index contributed by atoms with van der Waals surface area (Å²) in [5.41, 5.74) is -0.648. The van der Waals surface area contributed by atoms with Crippen LogP contribution in [0, 0.1) is 5.92 Å². The zero-order chi connectivity index (χ0) is 25.5. The lowest BCUT2D eigenvalue weighted by Crippen LogP contribution is -2.52. The minimum atomic E-state index is -4.64. The second-order valence-corrected chi connectivity index (χ2v) is 8.70. The monoisotopic (exact) mass is 493 g/mol. The van der Waals surface area contributed by atoms with Crippen LogP contribution in [-0.4, -0.2) is 64.0 Å². The van der Waals surface area contributed by atoms with Gasteiger partial charge < -0.3 is 24.4 Å². The molecule has 35 heavy (non-hydrogen) atoms. The summed E-state index contributed by atoms with van der Waals surface area (Å²) in [7, 11) is 4.32. The Bertz CT molecular complexity index is 1300. The molecule has 0 unspecified atom stereocenters. The summed E-state index contributed by atoms with van der Waals surface area (Å²) in [6.07, 6.45) is -1.58. The molecule has 1 saturated heterocycles. The van der Waals surface area contributed by atoms with Crippen molar-refractivity contribution in [1.29, 1.82) is 0 Å². The van der Waals surface area contributed by atoms with Crippen LogP contribution in [0.15, 0.2) is 29.3 Å². The molecule has 1 fully saturated rings. The van der Waals surface area contributed by atoms with Gasteiger partial charge in [0.2, 0.25) is 5.88 Å². The van der Waals surface area contributed by atoms with E-state index in [9.17, 15) is 22.8 Å². The summed E-state index contributed by atoms with van der Waals surface area (Å²) < 4.78 is 45.5. The summed E-state index contributed by atoms with van der Waals surface area (Å²) in [6.45, 7) is 3.25. The average molecular weight is 493 g/mol. The first-order valence-corrected chi connectivity index (χ1v) is 10.9. The fourth-order valence-corrected chi connectivity index (χ4v) is 4.45. The molecule has 2 amide bonds. The molecule has 1 aliphatic heterocycles. The van der Waals surface area contributed by atoms with Crippen molar-refractivity contribution >= 4 is 28.4 Å². The van der Waals surface area contributed by atoms with Gasteiger partial charge in [0.15, 0.2) is 5.65 Å². The molecule has 3 aromatic heterocycles. The van der Waals surface area contributed by atoms with E-state index in [4.69, 9.17) is 4.74 Å². The first-order valence-electron chi connectivity index (χ1n) is 10.9. The summed E-state index contributed by atoms with van der Waals surface area (Å²) in [6, 6.07) is 1.78. The van der Waals surface area contributed by atoms with Gasteiger partial charge in [0.25, 0.3) is 5.56 Å². The minimum Gasteiger partial charge on any atom is -0.479 e. The van der Waals surface area contributed by atoms with Gasteiger partial charge in [-0.3, -0.25) is 9.89 Å². The van der Waals surface area contributed by atoms with Gasteiger partial charge in [0, 0.05) is 39.4 Å². The number of nitrogens with one attached hydrogen (secondary N) is 2. The van der Waals surface area contributed by atoms with E-state index in [0.29, 0.717) is 43.3 Å². The van der Waals surface area contributed by atoms with Crippen molar-refractivity contribution in [2.45, 2.75) is 25.6 Å². The van der Waals surface area contributed by atoms with Gasteiger partial charge in [0.05, 0.1) is 29.9 Å². The van der Waals surface area contributed by atoms with Gasteiger partial charge in [-0.25, -0.2) is 9.78 Å². The number of fused-ring (bicyclic) bond motifs is 1. The zero-order valence-corrected chi connectivity index (χ0v) is 19.7. The number of urea groups is 1. The standard InChI is InChI=1S/C22H26F3N7O3/c1-12-10-32(14-8-15-18(26-9-14)28-29-19(15)35-4)6-5-17(12)31(3)21(34)27-16-7-13(22(23,24)25)11-30(2)20(16)33/h7-9,11-12,17H,5-6,10H2,1-4H3,(H,27,34)(H,26,28,29)/t12-,17+/m0/s1. The number of piperidine rings is 1. The normalized spacial score (nSPS) is 18.5. The highest BCUT2D eigenvalue weighted by atomic mass is 19.4. The number of aryl methyl sites for hydroxylation is 1. The molecule has 0 aliphatic carbocycles. The summed E-state index contributed by atoms with van der Waals surface area (Å²) in [5.74, 6) is 0.486. The quantitative estimate of drug-likeness (QED) is 0.579. The van der Waals surface area contributed by atoms with Gasteiger partial charge in [-0.2, -0.15) is 13.2 Å². The second kappa shape index (κ2) is 9.12. The van der Waals surface area contributed by atoms with Crippen LogP contribution in [0.3, 0.4) is 0 Å². The molecule has 2 N–H and O–H groups in total. The number of rotatable bonds is 4. The molecule has 1 aliphatic rings. The van der Waals surface area contributed by atoms with Crippen molar-refractivity contribution in [1.82, 2.24) is 24.6 Å². The molecule has 0 spiro atoms. The fourth-order valence-electron chi connectivity index (χ4n) is 4.45. The lowest BCUT2D eigenvalue weighted by molar-refractivity contribution is -0.138. The van der Waals surface area contributed by atoms with Crippen LogP contribution in [0.25, 0.3) is 11.0 Å². The number of hydrogen-bond donors (Lipinski definition) is 2. The second-order valence-electron chi connectivity index (χ2n) is 8.70. The van der Waals surface area contributed by atoms with Crippen LogP contribution in [0.4, 0.5) is 29.3 Å². The van der Waals surface area contributed by atoms with Crippen LogP contribution >= 0.6 is 0 Å². The van der Waals surface area contributed by atoms with Crippen molar-refractivity contribution in [2.75, 3.05) is 37.5 Å². The lowest BCUT2D eigenvalue weighted by atomic mass is 9.92. The third-order valence-electron chi connectivity index (χ3n) is 6.36. The molecule has 4 rings (SSSR count). The molecule has 2 atom stereocenters. The molecular weight excluding hydrogens is 467 g/mol. The summed E-state index contributed by atoms with van der Waals surface area (Å²) in [4.78, 5) is 33.1. The average Bonchev–Trinajstić information content (AvgIpc) is 3.23. The molecule has 0 aromatic carbocycles. The van der Waals surface area contributed by atoms with Crippen LogP contribution < -0.4 is 20.5 Å². The van der Waals surface area contributed by atoms with E-state index >= 15 is 0 Å². The Morgan fingerprint density at radius 1 is 1.34 bits per heavy atom. The number of methoxy groups -OCH3 is 1. The molecule has 0 radical (unpaired) electrons. The van der Waals surface area contributed by atoms with Gasteiger partial charge >= 0.3 is 12.2 Å². The highest BCUT2D eigenvalue weighted by Crippen LogP contribution is 2.31. The third kappa shape index (κ3) is 4.75. The Balaban J connectivity index is 1.46. The van der Waals surface area contributed by atoms with Crippen LogP contribution in [0.5, 0.6) is 5.88 Å². The van der Waals surface area contributed by atoms with Crippen molar-refractivity contribution in [3.8, 4) is 5.88 Å². The molecule has 10 nitrogen and oxygen atoms in total. The van der Waals surface area contributed by atoms with Crippen molar-refractivity contribution < 1.29 is 22.7 Å². The zero-order valence-electron chi connectivity index (χ0n) is 19.7. The summed E-state index contributed by atoms with van der Waals surface area (Å²) >= 11 is 0. The number of halogens is 3. The van der Waals surface area contributed by atoms with Crippen molar-refractivity contribution in [3.05, 3.63) is 40.4 Å². The largest absolute Gasteiger partial charge is 0.479 e. The molecule has 3 aromatic rings. The van der Waals surface area contributed by atoms with E-state index in [1.54, 1.807) is 13.2 Å². The minimum absolute atomic E-state index is 0.0331. The Morgan fingerprint density at radius 2 is 2.09 bits per heavy atom. The van der Waals surface area contributed by atoms with Gasteiger partial charge in [0.1, 0.15) is 5.69 Å². The maximum absolute atomic E-state index is 13.1. The number of aromatic amines is 1. The molecule has 0 saturated carbocycles. The number of carbonyl (C=O) groups is 1. The number of amides is 2. The number of H-pyrrole nitrogens is 1. The number of anilines is 2. The van der Waals surface area contributed by atoms with Crippen molar-refractivity contribution in [3.63, 3.8) is 0 Å². The highest BCUT2D eigenvalue weighted by Gasteiger charge is 2.34. The fraction of sp³-hybridized carbons (Fsp3) is 0.455. The number of hydrogen-bond acceptors (Lipinski definition) is 6. The summed E-state index contributed by atoms with van der Waals surface area (Å²) in [5, 5.41) is 10.0. The van der Waals surface area contributed by atoms with E-state index in [2.05, 4.69) is 25.4 Å². The lowest BCUT2D eigenvalue weighted by Gasteiger charge is -2.42. The van der Waals surface area contributed by atoms with Crippen LogP contribution in [0.1, 0.15) is 18.9 Å². The first-order chi connectivity index (χ1) is 16.5. The Kier molecular flexibility index (Phi) is 6.34. The van der Waals surface area contributed by atoms with E-state index in [-0.39, 0.29) is 12.0 Å². The van der Waals surface area contributed by atoms with Gasteiger partial charge in [-0.05, 0) is 24.5 Å². The van der Waals surface area contributed by atoms with Crippen molar-refractivity contribution in [2.24, 2.45) is 13.0 Å². The number of carbonyl (C=O) groups excluding carboxylic acids is 1. The Labute approximate surface area is 198 Å². The Hall–Kier alpha value is -3.77. The first kappa shape index (κ1) is 24.4. The molecule has 188 valence electrons. The van der Waals surface area contributed by atoms with E-state index < -0.39 is 29.0 Å². The predicted molar refractivity (Wildman–Crippen MR) is 124 cm³/mol. The number of alkyl halides is 3.